The van der Waals surface area contributed by atoms with Gasteiger partial charge >= 0.3 is 0 Å². The highest BCUT2D eigenvalue weighted by atomic mass is 16.3. The van der Waals surface area contributed by atoms with Gasteiger partial charge in [-0.1, -0.05) is 30.3 Å². The second-order valence-electron chi connectivity index (χ2n) is 4.76. The summed E-state index contributed by atoms with van der Waals surface area (Å²) in [6.45, 7) is 1.92. The van der Waals surface area contributed by atoms with Gasteiger partial charge in [-0.15, -0.1) is 0 Å². The van der Waals surface area contributed by atoms with Crippen LogP contribution in [-0.4, -0.2) is 27.8 Å². The van der Waals surface area contributed by atoms with Crippen molar-refractivity contribution in [3.8, 4) is 0 Å². The van der Waals surface area contributed by atoms with Crippen LogP contribution < -0.4 is 5.32 Å². The van der Waals surface area contributed by atoms with E-state index in [1.54, 1.807) is 0 Å². The van der Waals surface area contributed by atoms with Gasteiger partial charge < -0.3 is 10.4 Å². The summed E-state index contributed by atoms with van der Waals surface area (Å²) in [5, 5.41) is 18.9. The van der Waals surface area contributed by atoms with Crippen molar-refractivity contribution in [1.29, 1.82) is 0 Å². The molecule has 0 aliphatic heterocycles. The van der Waals surface area contributed by atoms with Crippen molar-refractivity contribution in [2.24, 2.45) is 0 Å². The van der Waals surface area contributed by atoms with Crippen LogP contribution in [0.5, 0.6) is 0 Å². The van der Waals surface area contributed by atoms with E-state index in [1.807, 2.05) is 43.3 Å². The van der Waals surface area contributed by atoms with Gasteiger partial charge in [0.2, 0.25) is 5.91 Å². The van der Waals surface area contributed by atoms with Gasteiger partial charge in [0, 0.05) is 12.3 Å². The van der Waals surface area contributed by atoms with Gasteiger partial charge in [0.05, 0.1) is 18.2 Å². The quantitative estimate of drug-likeness (QED) is 0.746. The molecule has 5 heteroatoms. The Morgan fingerprint density at radius 2 is 2.15 bits per heavy atom. The molecule has 2 rings (SSSR count). The summed E-state index contributed by atoms with van der Waals surface area (Å²) in [5.74, 6) is -0.0983. The van der Waals surface area contributed by atoms with Gasteiger partial charge in [-0.05, 0) is 25.0 Å². The lowest BCUT2D eigenvalue weighted by Gasteiger charge is -2.18. The Bertz CT molecular complexity index is 551. The van der Waals surface area contributed by atoms with E-state index in [0.29, 0.717) is 6.42 Å². The van der Waals surface area contributed by atoms with E-state index in [1.165, 1.54) is 0 Å². The highest BCUT2D eigenvalue weighted by molar-refractivity contribution is 5.78. The number of hydrogen-bond donors (Lipinski definition) is 3. The first kappa shape index (κ1) is 14.3. The summed E-state index contributed by atoms with van der Waals surface area (Å²) in [5.41, 5.74) is 2.65. The molecule has 0 radical (unpaired) electrons. The Balaban J connectivity index is 1.99. The Morgan fingerprint density at radius 1 is 1.40 bits per heavy atom. The molecule has 20 heavy (non-hydrogen) atoms. The lowest BCUT2D eigenvalue weighted by Crippen LogP contribution is -2.30. The summed E-state index contributed by atoms with van der Waals surface area (Å²) in [6.07, 6.45) is 0.731. The fourth-order valence-electron chi connectivity index (χ4n) is 2.11. The number of H-pyrrole nitrogens is 1. The first-order valence-corrected chi connectivity index (χ1v) is 6.65. The van der Waals surface area contributed by atoms with Gasteiger partial charge in [0.25, 0.3) is 0 Å². The number of aryl methyl sites for hydroxylation is 1. The van der Waals surface area contributed by atoms with Crippen molar-refractivity contribution < 1.29 is 9.90 Å². The predicted octanol–water partition coefficient (Wildman–Crippen LogP) is 1.50. The Labute approximate surface area is 118 Å². The van der Waals surface area contributed by atoms with Crippen LogP contribution in [0, 0.1) is 6.92 Å². The number of rotatable bonds is 6. The number of nitrogens with zero attached hydrogens (tertiary/aromatic N) is 1. The molecule has 0 fully saturated rings. The molecular formula is C15H19N3O2. The summed E-state index contributed by atoms with van der Waals surface area (Å²) in [7, 11) is 0. The van der Waals surface area contributed by atoms with E-state index in [9.17, 15) is 4.79 Å². The number of aliphatic hydroxyl groups excluding tert-OH is 1. The van der Waals surface area contributed by atoms with Crippen molar-refractivity contribution in [1.82, 2.24) is 15.5 Å². The van der Waals surface area contributed by atoms with Gasteiger partial charge in [0.15, 0.2) is 0 Å². The number of nitrogens with one attached hydrogen (secondary N) is 2. The minimum Gasteiger partial charge on any atom is -0.396 e. The molecule has 1 aromatic carbocycles. The molecule has 0 aliphatic rings. The van der Waals surface area contributed by atoms with Crippen molar-refractivity contribution in [2.75, 3.05) is 6.61 Å². The molecule has 0 spiro atoms. The second-order valence-corrected chi connectivity index (χ2v) is 4.76. The first-order valence-electron chi connectivity index (χ1n) is 6.65. The fraction of sp³-hybridized carbons (Fsp3) is 0.333. The van der Waals surface area contributed by atoms with Gasteiger partial charge in [-0.3, -0.25) is 9.89 Å². The van der Waals surface area contributed by atoms with Crippen LogP contribution in [0.1, 0.15) is 29.4 Å². The topological polar surface area (TPSA) is 78.0 Å². The number of carbonyl (C=O) groups is 1. The van der Waals surface area contributed by atoms with E-state index in [-0.39, 0.29) is 25.0 Å². The standard InChI is InChI=1S/C15H19N3O2/c1-11-9-13(18-17-11)10-15(20)16-14(7-8-19)12-5-3-2-4-6-12/h2-6,9,14,19H,7-8,10H2,1H3,(H,16,20)(H,17,18). The molecule has 106 valence electrons. The van der Waals surface area contributed by atoms with Crippen LogP contribution in [0.2, 0.25) is 0 Å². The van der Waals surface area contributed by atoms with Crippen LogP contribution in [0.3, 0.4) is 0 Å². The zero-order valence-electron chi connectivity index (χ0n) is 11.5. The molecule has 1 atom stereocenters. The maximum absolute atomic E-state index is 12.0. The van der Waals surface area contributed by atoms with Crippen molar-refractivity contribution in [3.05, 3.63) is 53.3 Å². The first-order chi connectivity index (χ1) is 9.69. The summed E-state index contributed by atoms with van der Waals surface area (Å²) < 4.78 is 0. The largest absolute Gasteiger partial charge is 0.396 e. The lowest BCUT2D eigenvalue weighted by atomic mass is 10.0. The minimum absolute atomic E-state index is 0.0291. The Morgan fingerprint density at radius 3 is 2.75 bits per heavy atom. The number of aromatic amines is 1. The SMILES string of the molecule is Cc1cc(CC(=O)NC(CCO)c2ccccc2)n[nH]1. The smallest absolute Gasteiger partial charge is 0.226 e. The zero-order chi connectivity index (χ0) is 14.4. The van der Waals surface area contributed by atoms with Crippen molar-refractivity contribution in [2.45, 2.75) is 25.8 Å². The molecule has 2 aromatic rings. The molecule has 1 amide bonds. The monoisotopic (exact) mass is 273 g/mol. The molecular weight excluding hydrogens is 254 g/mol. The minimum atomic E-state index is -0.172. The number of hydrogen-bond acceptors (Lipinski definition) is 3. The molecule has 1 unspecified atom stereocenters. The summed E-state index contributed by atoms with van der Waals surface area (Å²) >= 11 is 0. The molecule has 0 saturated heterocycles. The molecule has 0 bridgehead atoms. The number of aliphatic hydroxyl groups is 1. The van der Waals surface area contributed by atoms with Crippen molar-refractivity contribution >= 4 is 5.91 Å². The number of aromatic nitrogens is 2. The van der Waals surface area contributed by atoms with Gasteiger partial charge in [-0.2, -0.15) is 5.10 Å². The fourth-order valence-corrected chi connectivity index (χ4v) is 2.11. The molecule has 1 heterocycles. The molecule has 3 N–H and O–H groups in total. The maximum atomic E-state index is 12.0. The Hall–Kier alpha value is -2.14. The molecule has 5 nitrogen and oxygen atoms in total. The average Bonchev–Trinajstić information content (AvgIpc) is 2.84. The number of carbonyl (C=O) groups excluding carboxylic acids is 1. The molecule has 0 saturated carbocycles. The third kappa shape index (κ3) is 3.93. The van der Waals surface area contributed by atoms with E-state index in [4.69, 9.17) is 5.11 Å². The highest BCUT2D eigenvalue weighted by Crippen LogP contribution is 2.16. The third-order valence-corrected chi connectivity index (χ3v) is 3.06. The maximum Gasteiger partial charge on any atom is 0.226 e. The van der Waals surface area contributed by atoms with Crippen LogP contribution in [-0.2, 0) is 11.2 Å². The summed E-state index contributed by atoms with van der Waals surface area (Å²) in [6, 6.07) is 11.3. The second kappa shape index (κ2) is 6.86. The van der Waals surface area contributed by atoms with Gasteiger partial charge in [0.1, 0.15) is 0 Å². The van der Waals surface area contributed by atoms with Crippen LogP contribution in [0.4, 0.5) is 0 Å². The van der Waals surface area contributed by atoms with Crippen molar-refractivity contribution in [3.63, 3.8) is 0 Å². The van der Waals surface area contributed by atoms with E-state index < -0.39 is 0 Å². The highest BCUT2D eigenvalue weighted by Gasteiger charge is 2.15. The van der Waals surface area contributed by atoms with E-state index in [0.717, 1.165) is 17.0 Å². The predicted molar refractivity (Wildman–Crippen MR) is 76.1 cm³/mol. The summed E-state index contributed by atoms with van der Waals surface area (Å²) in [4.78, 5) is 12.0. The van der Waals surface area contributed by atoms with Crippen LogP contribution in [0.15, 0.2) is 36.4 Å². The lowest BCUT2D eigenvalue weighted by molar-refractivity contribution is -0.121. The number of amides is 1. The normalized spacial score (nSPS) is 12.1. The Kier molecular flexibility index (Phi) is 4.90. The average molecular weight is 273 g/mol. The van der Waals surface area contributed by atoms with E-state index in [2.05, 4.69) is 15.5 Å². The molecule has 0 aliphatic carbocycles. The van der Waals surface area contributed by atoms with Gasteiger partial charge in [-0.25, -0.2) is 0 Å². The third-order valence-electron chi connectivity index (χ3n) is 3.06. The van der Waals surface area contributed by atoms with E-state index >= 15 is 0 Å². The van der Waals surface area contributed by atoms with Crippen LogP contribution in [0.25, 0.3) is 0 Å². The zero-order valence-corrected chi connectivity index (χ0v) is 11.5. The van der Waals surface area contributed by atoms with Crippen LogP contribution >= 0.6 is 0 Å². The molecule has 1 aromatic heterocycles. The number of benzene rings is 1.